The van der Waals surface area contributed by atoms with Crippen LogP contribution in [0.3, 0.4) is 0 Å². The van der Waals surface area contributed by atoms with Crippen molar-refractivity contribution >= 4 is 32.7 Å². The van der Waals surface area contributed by atoms with Gasteiger partial charge in [0.25, 0.3) is 0 Å². The second-order valence-electron chi connectivity index (χ2n) is 11.7. The van der Waals surface area contributed by atoms with Crippen molar-refractivity contribution in [1.82, 2.24) is 15.0 Å². The Hall–Kier alpha value is -6.39. The van der Waals surface area contributed by atoms with Gasteiger partial charge in [0.2, 0.25) is 0 Å². The molecule has 47 heavy (non-hydrogen) atoms. The van der Waals surface area contributed by atoms with Crippen LogP contribution in [0.15, 0.2) is 168 Å². The van der Waals surface area contributed by atoms with Crippen LogP contribution in [-0.4, -0.2) is 15.0 Å². The molecule has 0 fully saturated rings. The molecule has 4 nitrogen and oxygen atoms in total. The van der Waals surface area contributed by atoms with Crippen LogP contribution in [0.2, 0.25) is 0 Å². The van der Waals surface area contributed by atoms with E-state index in [9.17, 15) is 0 Å². The Morgan fingerprint density at radius 1 is 0.340 bits per heavy atom. The van der Waals surface area contributed by atoms with E-state index in [1.54, 1.807) is 0 Å². The van der Waals surface area contributed by atoms with Gasteiger partial charge in [-0.15, -0.1) is 0 Å². The Kier molecular flexibility index (Phi) is 6.43. The Balaban J connectivity index is 1.21. The van der Waals surface area contributed by atoms with E-state index in [0.29, 0.717) is 17.5 Å². The summed E-state index contributed by atoms with van der Waals surface area (Å²) in [5.41, 5.74) is 8.81. The molecule has 0 unspecified atom stereocenters. The predicted molar refractivity (Wildman–Crippen MR) is 192 cm³/mol. The van der Waals surface area contributed by atoms with Gasteiger partial charge in [0.15, 0.2) is 17.5 Å². The lowest BCUT2D eigenvalue weighted by Gasteiger charge is -2.11. The third-order valence-corrected chi connectivity index (χ3v) is 8.73. The summed E-state index contributed by atoms with van der Waals surface area (Å²) in [5, 5.41) is 4.53. The molecule has 9 rings (SSSR count). The molecule has 0 amide bonds. The molecule has 220 valence electrons. The van der Waals surface area contributed by atoms with Gasteiger partial charge in [-0.05, 0) is 57.3 Å². The van der Waals surface area contributed by atoms with Crippen LogP contribution in [0.4, 0.5) is 0 Å². The fourth-order valence-electron chi connectivity index (χ4n) is 6.33. The highest BCUT2D eigenvalue weighted by Crippen LogP contribution is 2.36. The van der Waals surface area contributed by atoms with Crippen LogP contribution in [-0.2, 0) is 0 Å². The third kappa shape index (κ3) is 4.93. The highest BCUT2D eigenvalue weighted by molar-refractivity contribution is 6.09. The van der Waals surface area contributed by atoms with Crippen molar-refractivity contribution in [2.24, 2.45) is 0 Å². The van der Waals surface area contributed by atoms with Crippen molar-refractivity contribution < 1.29 is 4.42 Å². The number of nitrogens with zero attached hydrogens (tertiary/aromatic N) is 3. The average molecular weight is 602 g/mol. The molecule has 0 atom stereocenters. The first-order chi connectivity index (χ1) is 23.3. The van der Waals surface area contributed by atoms with Crippen molar-refractivity contribution in [3.63, 3.8) is 0 Å². The first kappa shape index (κ1) is 27.0. The van der Waals surface area contributed by atoms with Gasteiger partial charge in [0, 0.05) is 21.9 Å². The van der Waals surface area contributed by atoms with Gasteiger partial charge in [0.05, 0.1) is 5.56 Å². The smallest absolute Gasteiger partial charge is 0.167 e. The summed E-state index contributed by atoms with van der Waals surface area (Å²) in [6.07, 6.45) is 0. The van der Waals surface area contributed by atoms with Crippen molar-refractivity contribution in [2.45, 2.75) is 0 Å². The number of benzene rings is 7. The number of hydrogen-bond donors (Lipinski definition) is 0. The second kappa shape index (κ2) is 11.2. The first-order valence-electron chi connectivity index (χ1n) is 15.7. The molecule has 2 heterocycles. The molecule has 0 saturated carbocycles. The van der Waals surface area contributed by atoms with Crippen molar-refractivity contribution in [2.75, 3.05) is 0 Å². The van der Waals surface area contributed by atoms with Gasteiger partial charge in [0.1, 0.15) is 11.2 Å². The number of furan rings is 1. The predicted octanol–water partition coefficient (Wildman–Crippen LogP) is 11.3. The molecular weight excluding hydrogens is 574 g/mol. The average Bonchev–Trinajstić information content (AvgIpc) is 3.54. The van der Waals surface area contributed by atoms with Crippen molar-refractivity contribution in [3.05, 3.63) is 164 Å². The van der Waals surface area contributed by atoms with Gasteiger partial charge < -0.3 is 4.42 Å². The molecule has 0 radical (unpaired) electrons. The number of para-hydroxylation sites is 2. The molecule has 0 aliphatic rings. The maximum absolute atomic E-state index is 6.41. The van der Waals surface area contributed by atoms with E-state index < -0.39 is 0 Å². The Morgan fingerprint density at radius 3 is 1.79 bits per heavy atom. The highest BCUT2D eigenvalue weighted by Gasteiger charge is 2.18. The molecule has 0 saturated heterocycles. The lowest BCUT2D eigenvalue weighted by molar-refractivity contribution is 0.669. The van der Waals surface area contributed by atoms with Crippen LogP contribution in [0.25, 0.3) is 89.1 Å². The van der Waals surface area contributed by atoms with Gasteiger partial charge in [-0.25, -0.2) is 15.0 Å². The molecule has 2 aromatic heterocycles. The number of fused-ring (bicyclic) bond motifs is 4. The van der Waals surface area contributed by atoms with E-state index in [0.717, 1.165) is 60.9 Å². The van der Waals surface area contributed by atoms with Gasteiger partial charge in [-0.2, -0.15) is 0 Å². The fourth-order valence-corrected chi connectivity index (χ4v) is 6.33. The van der Waals surface area contributed by atoms with E-state index in [1.165, 1.54) is 10.8 Å². The Bertz CT molecular complexity index is 2570. The summed E-state index contributed by atoms with van der Waals surface area (Å²) in [7, 11) is 0. The topological polar surface area (TPSA) is 51.8 Å². The van der Waals surface area contributed by atoms with E-state index in [4.69, 9.17) is 19.4 Å². The standard InChI is InChI=1S/C43H27N3O/c1-2-10-28(11-3-1)30-20-23-31(24-21-30)41-44-42(35-15-8-14-33(27-35)34-25-22-29-12-4-5-13-32(29)26-34)46-43(45-41)38-18-9-17-37-36-16-6-7-19-39(36)47-40(37)38/h1-27H. The van der Waals surface area contributed by atoms with Gasteiger partial charge >= 0.3 is 0 Å². The maximum atomic E-state index is 6.41. The molecule has 0 aliphatic heterocycles. The highest BCUT2D eigenvalue weighted by atomic mass is 16.3. The van der Waals surface area contributed by atoms with E-state index in [1.807, 2.05) is 36.4 Å². The third-order valence-electron chi connectivity index (χ3n) is 8.73. The fraction of sp³-hybridized carbons (Fsp3) is 0. The first-order valence-corrected chi connectivity index (χ1v) is 15.7. The van der Waals surface area contributed by atoms with Crippen LogP contribution < -0.4 is 0 Å². The molecule has 9 aromatic rings. The summed E-state index contributed by atoms with van der Waals surface area (Å²) >= 11 is 0. The molecular formula is C43H27N3O. The summed E-state index contributed by atoms with van der Waals surface area (Å²) in [6, 6.07) is 56.5. The monoisotopic (exact) mass is 601 g/mol. The van der Waals surface area contributed by atoms with Gasteiger partial charge in [-0.1, -0.05) is 140 Å². The zero-order valence-electron chi connectivity index (χ0n) is 25.3. The minimum Gasteiger partial charge on any atom is -0.455 e. The van der Waals surface area contributed by atoms with Crippen LogP contribution in [0, 0.1) is 0 Å². The quantitative estimate of drug-likeness (QED) is 0.197. The minimum absolute atomic E-state index is 0.568. The van der Waals surface area contributed by atoms with E-state index in [-0.39, 0.29) is 0 Å². The molecule has 0 bridgehead atoms. The minimum atomic E-state index is 0.568. The molecule has 7 aromatic carbocycles. The largest absolute Gasteiger partial charge is 0.455 e. The SMILES string of the molecule is c1ccc(-c2ccc(-c3nc(-c4cccc(-c5ccc6ccccc6c5)c4)nc(-c4cccc5c4oc4ccccc45)n3)cc2)cc1. The molecule has 0 aliphatic carbocycles. The summed E-state index contributed by atoms with van der Waals surface area (Å²) in [6.45, 7) is 0. The van der Waals surface area contributed by atoms with E-state index in [2.05, 4.69) is 127 Å². The Morgan fingerprint density at radius 2 is 0.915 bits per heavy atom. The van der Waals surface area contributed by atoms with Crippen molar-refractivity contribution in [3.8, 4) is 56.4 Å². The summed E-state index contributed by atoms with van der Waals surface area (Å²) in [5.74, 6) is 1.78. The zero-order chi connectivity index (χ0) is 31.2. The van der Waals surface area contributed by atoms with Gasteiger partial charge in [-0.3, -0.25) is 0 Å². The number of aromatic nitrogens is 3. The summed E-state index contributed by atoms with van der Waals surface area (Å²) in [4.78, 5) is 15.2. The summed E-state index contributed by atoms with van der Waals surface area (Å²) < 4.78 is 6.41. The van der Waals surface area contributed by atoms with Crippen LogP contribution >= 0.6 is 0 Å². The van der Waals surface area contributed by atoms with Crippen molar-refractivity contribution in [1.29, 1.82) is 0 Å². The molecule has 4 heteroatoms. The normalized spacial score (nSPS) is 11.4. The van der Waals surface area contributed by atoms with Crippen LogP contribution in [0.1, 0.15) is 0 Å². The lowest BCUT2D eigenvalue weighted by Crippen LogP contribution is -2.00. The maximum Gasteiger partial charge on any atom is 0.167 e. The molecule has 0 N–H and O–H groups in total. The number of rotatable bonds is 5. The number of hydrogen-bond acceptors (Lipinski definition) is 4. The zero-order valence-corrected chi connectivity index (χ0v) is 25.3. The van der Waals surface area contributed by atoms with Crippen LogP contribution in [0.5, 0.6) is 0 Å². The Labute approximate surface area is 271 Å². The second-order valence-corrected chi connectivity index (χ2v) is 11.7. The lowest BCUT2D eigenvalue weighted by atomic mass is 9.99. The molecule has 0 spiro atoms. The van der Waals surface area contributed by atoms with E-state index >= 15 is 0 Å².